The smallest absolute Gasteiger partial charge is 0.213 e. The first-order chi connectivity index (χ1) is 12.5. The summed E-state index contributed by atoms with van der Waals surface area (Å²) in [7, 11) is 1.79. The average Bonchev–Trinajstić information content (AvgIpc) is 3.28. The number of guanidine groups is 1. The fourth-order valence-corrected chi connectivity index (χ4v) is 3.04. The number of hydrogen-bond donors (Lipinski definition) is 2. The zero-order valence-corrected chi connectivity index (χ0v) is 16.1. The Morgan fingerprint density at radius 1 is 1.31 bits per heavy atom. The Morgan fingerprint density at radius 3 is 2.73 bits per heavy atom. The maximum absolute atomic E-state index is 5.82. The number of aliphatic imine (C=N–C) groups is 1. The van der Waals surface area contributed by atoms with Crippen LogP contribution in [0, 0.1) is 0 Å². The van der Waals surface area contributed by atoms with Crippen LogP contribution in [-0.4, -0.2) is 37.1 Å². The zero-order valence-electron chi connectivity index (χ0n) is 16.1. The number of rotatable bonds is 4. The Hall–Kier alpha value is -2.50. The number of oxazole rings is 1. The first kappa shape index (κ1) is 18.3. The van der Waals surface area contributed by atoms with Crippen molar-refractivity contribution in [2.45, 2.75) is 45.2 Å². The average molecular weight is 355 g/mol. The summed E-state index contributed by atoms with van der Waals surface area (Å²) < 4.78 is 5.82. The molecule has 26 heavy (non-hydrogen) atoms. The molecular formula is C20H29N5O. The molecule has 0 spiro atoms. The van der Waals surface area contributed by atoms with Crippen LogP contribution in [0.25, 0.3) is 0 Å². The second kappa shape index (κ2) is 7.81. The Bertz CT molecular complexity index is 732. The van der Waals surface area contributed by atoms with Gasteiger partial charge in [-0.25, -0.2) is 4.98 Å². The third kappa shape index (κ3) is 4.56. The summed E-state index contributed by atoms with van der Waals surface area (Å²) in [4.78, 5) is 11.1. The number of para-hydroxylation sites is 1. The van der Waals surface area contributed by atoms with Crippen LogP contribution in [0.2, 0.25) is 0 Å². The predicted molar refractivity (Wildman–Crippen MR) is 106 cm³/mol. The van der Waals surface area contributed by atoms with Crippen molar-refractivity contribution in [2.24, 2.45) is 4.99 Å². The molecule has 1 fully saturated rings. The molecule has 0 aliphatic carbocycles. The molecule has 0 saturated carbocycles. The predicted octanol–water partition coefficient (Wildman–Crippen LogP) is 2.92. The SMILES string of the molecule is CN=C(NCc1ncc(C(C)(C)C)o1)NC1CCN(c2ccccc2)C1. The summed E-state index contributed by atoms with van der Waals surface area (Å²) in [5, 5.41) is 6.80. The van der Waals surface area contributed by atoms with Gasteiger partial charge in [0.1, 0.15) is 5.76 Å². The molecule has 0 bridgehead atoms. The van der Waals surface area contributed by atoms with Gasteiger partial charge in [0, 0.05) is 37.3 Å². The summed E-state index contributed by atoms with van der Waals surface area (Å²) >= 11 is 0. The topological polar surface area (TPSA) is 65.7 Å². The van der Waals surface area contributed by atoms with Gasteiger partial charge in [-0.2, -0.15) is 0 Å². The van der Waals surface area contributed by atoms with Crippen LogP contribution in [0.1, 0.15) is 38.8 Å². The Morgan fingerprint density at radius 2 is 2.08 bits per heavy atom. The molecular weight excluding hydrogens is 326 g/mol. The summed E-state index contributed by atoms with van der Waals surface area (Å²) in [5.41, 5.74) is 1.24. The van der Waals surface area contributed by atoms with Crippen molar-refractivity contribution in [3.05, 3.63) is 48.2 Å². The van der Waals surface area contributed by atoms with Gasteiger partial charge in [-0.1, -0.05) is 39.0 Å². The minimum atomic E-state index is -0.0318. The van der Waals surface area contributed by atoms with E-state index in [9.17, 15) is 0 Å². The largest absolute Gasteiger partial charge is 0.443 e. The molecule has 1 atom stereocenters. The van der Waals surface area contributed by atoms with Gasteiger partial charge in [-0.3, -0.25) is 4.99 Å². The van der Waals surface area contributed by atoms with Crippen molar-refractivity contribution >= 4 is 11.6 Å². The van der Waals surface area contributed by atoms with Crippen LogP contribution in [0.5, 0.6) is 0 Å². The number of aromatic nitrogens is 1. The van der Waals surface area contributed by atoms with E-state index in [0.717, 1.165) is 31.2 Å². The number of anilines is 1. The highest BCUT2D eigenvalue weighted by molar-refractivity contribution is 5.80. The third-order valence-corrected chi connectivity index (χ3v) is 4.57. The third-order valence-electron chi connectivity index (χ3n) is 4.57. The minimum absolute atomic E-state index is 0.0318. The van der Waals surface area contributed by atoms with E-state index in [1.807, 2.05) is 6.20 Å². The molecule has 6 heteroatoms. The highest BCUT2D eigenvalue weighted by atomic mass is 16.4. The van der Waals surface area contributed by atoms with Crippen LogP contribution in [-0.2, 0) is 12.0 Å². The molecule has 6 nitrogen and oxygen atoms in total. The molecule has 2 N–H and O–H groups in total. The van der Waals surface area contributed by atoms with Crippen LogP contribution in [0.4, 0.5) is 5.69 Å². The van der Waals surface area contributed by atoms with Gasteiger partial charge in [0.15, 0.2) is 5.96 Å². The molecule has 140 valence electrons. The van der Waals surface area contributed by atoms with Gasteiger partial charge in [-0.05, 0) is 18.6 Å². The molecule has 3 rings (SSSR count). The Kier molecular flexibility index (Phi) is 5.49. The van der Waals surface area contributed by atoms with E-state index in [1.54, 1.807) is 7.05 Å². The highest BCUT2D eigenvalue weighted by Crippen LogP contribution is 2.22. The molecule has 2 heterocycles. The lowest BCUT2D eigenvalue weighted by Crippen LogP contribution is -2.44. The number of hydrogen-bond acceptors (Lipinski definition) is 4. The maximum Gasteiger partial charge on any atom is 0.213 e. The van der Waals surface area contributed by atoms with Crippen molar-refractivity contribution in [2.75, 3.05) is 25.0 Å². The first-order valence-corrected chi connectivity index (χ1v) is 9.18. The van der Waals surface area contributed by atoms with Crippen molar-refractivity contribution < 1.29 is 4.42 Å². The summed E-state index contributed by atoms with van der Waals surface area (Å²) in [6, 6.07) is 10.9. The van der Waals surface area contributed by atoms with Gasteiger partial charge in [-0.15, -0.1) is 0 Å². The maximum atomic E-state index is 5.82. The summed E-state index contributed by atoms with van der Waals surface area (Å²) in [6.45, 7) is 8.88. The Labute approximate surface area is 155 Å². The lowest BCUT2D eigenvalue weighted by atomic mass is 9.94. The van der Waals surface area contributed by atoms with Gasteiger partial charge in [0.25, 0.3) is 0 Å². The molecule has 0 amide bonds. The molecule has 0 radical (unpaired) electrons. The van der Waals surface area contributed by atoms with E-state index in [-0.39, 0.29) is 5.41 Å². The second-order valence-electron chi connectivity index (χ2n) is 7.71. The monoisotopic (exact) mass is 355 g/mol. The van der Waals surface area contributed by atoms with Crippen LogP contribution in [0.15, 0.2) is 45.9 Å². The Balaban J connectivity index is 1.50. The molecule has 1 aliphatic rings. The fraction of sp³-hybridized carbons (Fsp3) is 0.500. The number of nitrogens with one attached hydrogen (secondary N) is 2. The lowest BCUT2D eigenvalue weighted by molar-refractivity contribution is 0.379. The highest BCUT2D eigenvalue weighted by Gasteiger charge is 2.23. The summed E-state index contributed by atoms with van der Waals surface area (Å²) in [5.74, 6) is 2.35. The van der Waals surface area contributed by atoms with Gasteiger partial charge < -0.3 is 20.0 Å². The molecule has 1 aromatic carbocycles. The van der Waals surface area contributed by atoms with Crippen LogP contribution in [0.3, 0.4) is 0 Å². The minimum Gasteiger partial charge on any atom is -0.443 e. The van der Waals surface area contributed by atoms with E-state index in [1.165, 1.54) is 5.69 Å². The molecule has 1 aliphatic heterocycles. The van der Waals surface area contributed by atoms with Crippen molar-refractivity contribution in [3.63, 3.8) is 0 Å². The van der Waals surface area contributed by atoms with E-state index in [2.05, 4.69) is 76.6 Å². The summed E-state index contributed by atoms with van der Waals surface area (Å²) in [6.07, 6.45) is 2.89. The zero-order chi connectivity index (χ0) is 18.6. The molecule has 1 unspecified atom stereocenters. The second-order valence-corrected chi connectivity index (χ2v) is 7.71. The van der Waals surface area contributed by atoms with E-state index in [0.29, 0.717) is 18.5 Å². The number of benzene rings is 1. The van der Waals surface area contributed by atoms with Gasteiger partial charge in [0.2, 0.25) is 5.89 Å². The van der Waals surface area contributed by atoms with Crippen molar-refractivity contribution in [1.82, 2.24) is 15.6 Å². The van der Waals surface area contributed by atoms with E-state index < -0.39 is 0 Å². The van der Waals surface area contributed by atoms with Gasteiger partial charge in [0.05, 0.1) is 12.7 Å². The van der Waals surface area contributed by atoms with E-state index in [4.69, 9.17) is 4.42 Å². The van der Waals surface area contributed by atoms with Crippen LogP contribution < -0.4 is 15.5 Å². The van der Waals surface area contributed by atoms with Gasteiger partial charge >= 0.3 is 0 Å². The fourth-order valence-electron chi connectivity index (χ4n) is 3.04. The molecule has 1 saturated heterocycles. The first-order valence-electron chi connectivity index (χ1n) is 9.18. The molecule has 2 aromatic rings. The quantitative estimate of drug-likeness (QED) is 0.652. The van der Waals surface area contributed by atoms with Crippen molar-refractivity contribution in [1.29, 1.82) is 0 Å². The molecule has 1 aromatic heterocycles. The van der Waals surface area contributed by atoms with E-state index >= 15 is 0 Å². The van der Waals surface area contributed by atoms with Crippen LogP contribution >= 0.6 is 0 Å². The van der Waals surface area contributed by atoms with Crippen molar-refractivity contribution in [3.8, 4) is 0 Å². The lowest BCUT2D eigenvalue weighted by Gasteiger charge is -2.20. The number of nitrogens with zero attached hydrogens (tertiary/aromatic N) is 3. The normalized spacial score (nSPS) is 18.2. The standard InChI is InChI=1S/C20H29N5O/c1-20(2,3)17-12-22-18(26-17)13-23-19(21-4)24-15-10-11-25(14-15)16-8-6-5-7-9-16/h5-9,12,15H,10-11,13-14H2,1-4H3,(H2,21,23,24).